The van der Waals surface area contributed by atoms with Gasteiger partial charge in [0.25, 0.3) is 5.91 Å². The highest BCUT2D eigenvalue weighted by atomic mass is 79.9. The number of rotatable bonds is 4. The number of hydrogen-bond acceptors (Lipinski definition) is 3. The van der Waals surface area contributed by atoms with Crippen LogP contribution in [-0.4, -0.2) is 22.3 Å². The number of halogens is 1. The van der Waals surface area contributed by atoms with Gasteiger partial charge in [-0.25, -0.2) is 0 Å². The highest BCUT2D eigenvalue weighted by Crippen LogP contribution is 2.64. The maximum absolute atomic E-state index is 13.0. The van der Waals surface area contributed by atoms with Crippen molar-refractivity contribution in [2.45, 2.75) is 62.8 Å². The molecule has 1 aromatic rings. The molecule has 0 radical (unpaired) electrons. The van der Waals surface area contributed by atoms with Gasteiger partial charge in [0.2, 0.25) is 0 Å². The van der Waals surface area contributed by atoms with E-state index in [0.29, 0.717) is 11.8 Å². The topological polar surface area (TPSA) is 55.4 Å². The van der Waals surface area contributed by atoms with E-state index in [-0.39, 0.29) is 16.2 Å². The van der Waals surface area contributed by atoms with Crippen LogP contribution in [0.15, 0.2) is 24.3 Å². The summed E-state index contributed by atoms with van der Waals surface area (Å²) < 4.78 is 5.77. The predicted molar refractivity (Wildman–Crippen MR) is 104 cm³/mol. The molecule has 1 N–H and O–H groups in total. The third kappa shape index (κ3) is 3.30. The van der Waals surface area contributed by atoms with Crippen molar-refractivity contribution in [1.29, 1.82) is 0 Å². The first kappa shape index (κ1) is 18.0. The van der Waals surface area contributed by atoms with Crippen LogP contribution in [-0.2, 0) is 14.3 Å². The minimum atomic E-state index is -0.789. The zero-order valence-corrected chi connectivity index (χ0v) is 17.0. The normalized spacial score (nSPS) is 35.8. The fourth-order valence-corrected chi connectivity index (χ4v) is 7.06. The van der Waals surface area contributed by atoms with Crippen molar-refractivity contribution in [2.75, 3.05) is 5.32 Å². The molecule has 140 valence electrons. The lowest BCUT2D eigenvalue weighted by atomic mass is 9.49. The van der Waals surface area contributed by atoms with Crippen molar-refractivity contribution in [2.24, 2.45) is 17.3 Å². The fraction of sp³-hybridized carbons (Fsp3) is 0.619. The quantitative estimate of drug-likeness (QED) is 0.572. The molecule has 1 aromatic carbocycles. The molecule has 4 aliphatic rings. The van der Waals surface area contributed by atoms with E-state index in [1.165, 1.54) is 19.3 Å². The molecular formula is C21H26BrNO3. The van der Waals surface area contributed by atoms with Crippen LogP contribution in [0.1, 0.15) is 51.0 Å². The SMILES string of the molecule is Cc1ccc(NC(=O)[C@H](C)OC(=O)C23C[C@@H]4C[C@@H](CC(Br)(C4)C2)C3)cc1. The van der Waals surface area contributed by atoms with Gasteiger partial charge >= 0.3 is 5.97 Å². The van der Waals surface area contributed by atoms with Crippen LogP contribution in [0.3, 0.4) is 0 Å². The first-order valence-corrected chi connectivity index (χ1v) is 10.3. The summed E-state index contributed by atoms with van der Waals surface area (Å²) in [4.78, 5) is 25.5. The second-order valence-corrected chi connectivity index (χ2v) is 10.5. The summed E-state index contributed by atoms with van der Waals surface area (Å²) in [5.41, 5.74) is 1.46. The van der Waals surface area contributed by atoms with Gasteiger partial charge in [0.05, 0.1) is 5.41 Å². The van der Waals surface area contributed by atoms with Crippen LogP contribution >= 0.6 is 15.9 Å². The number of aryl methyl sites for hydroxylation is 1. The second kappa shape index (κ2) is 6.36. The Hall–Kier alpha value is -1.36. The molecule has 2 unspecified atom stereocenters. The maximum Gasteiger partial charge on any atom is 0.312 e. The van der Waals surface area contributed by atoms with Crippen LogP contribution in [0.5, 0.6) is 0 Å². The lowest BCUT2D eigenvalue weighted by Gasteiger charge is -2.58. The number of esters is 1. The van der Waals surface area contributed by atoms with Gasteiger partial charge in [-0.3, -0.25) is 9.59 Å². The maximum atomic E-state index is 13.0. The van der Waals surface area contributed by atoms with E-state index in [2.05, 4.69) is 21.2 Å². The van der Waals surface area contributed by atoms with E-state index in [1.54, 1.807) is 6.92 Å². The Morgan fingerprint density at radius 2 is 1.77 bits per heavy atom. The third-order valence-corrected chi connectivity index (χ3v) is 7.32. The minimum Gasteiger partial charge on any atom is -0.452 e. The predicted octanol–water partition coefficient (Wildman–Crippen LogP) is 4.60. The molecule has 1 amide bonds. The van der Waals surface area contributed by atoms with Crippen LogP contribution in [0.4, 0.5) is 5.69 Å². The zero-order valence-electron chi connectivity index (χ0n) is 15.4. The van der Waals surface area contributed by atoms with E-state index >= 15 is 0 Å². The number of nitrogens with one attached hydrogen (secondary N) is 1. The van der Waals surface area contributed by atoms with Crippen molar-refractivity contribution in [3.63, 3.8) is 0 Å². The number of carbonyl (C=O) groups is 2. The largest absolute Gasteiger partial charge is 0.452 e. The number of alkyl halides is 1. The van der Waals surface area contributed by atoms with E-state index in [9.17, 15) is 9.59 Å². The molecule has 0 saturated heterocycles. The average molecular weight is 420 g/mol. The molecule has 4 nitrogen and oxygen atoms in total. The summed E-state index contributed by atoms with van der Waals surface area (Å²) in [6.45, 7) is 3.66. The van der Waals surface area contributed by atoms with Crippen LogP contribution < -0.4 is 5.32 Å². The van der Waals surface area contributed by atoms with Gasteiger partial charge in [-0.1, -0.05) is 33.6 Å². The molecule has 26 heavy (non-hydrogen) atoms. The molecule has 0 aromatic heterocycles. The van der Waals surface area contributed by atoms with E-state index < -0.39 is 11.5 Å². The van der Waals surface area contributed by atoms with Gasteiger partial charge in [0.1, 0.15) is 0 Å². The Morgan fingerprint density at radius 3 is 2.35 bits per heavy atom. The molecule has 0 heterocycles. The number of carbonyl (C=O) groups excluding carboxylic acids is 2. The standard InChI is InChI=1S/C21H26BrNO3/c1-13-3-5-17(6-4-13)23-18(24)14(2)26-19(25)20-8-15-7-16(9-20)11-21(22,10-15)12-20/h3-6,14-16H,7-12H2,1-2H3,(H,23,24)/t14-,15-,16+,20?,21?/m0/s1. The van der Waals surface area contributed by atoms with Crippen molar-refractivity contribution in [3.8, 4) is 0 Å². The summed E-state index contributed by atoms with van der Waals surface area (Å²) >= 11 is 3.92. The van der Waals surface area contributed by atoms with E-state index in [1.807, 2.05) is 31.2 Å². The van der Waals surface area contributed by atoms with Gasteiger partial charge in [0.15, 0.2) is 6.10 Å². The molecule has 5 atom stereocenters. The minimum absolute atomic E-state index is 0.101. The van der Waals surface area contributed by atoms with Crippen molar-refractivity contribution in [1.82, 2.24) is 0 Å². The first-order valence-electron chi connectivity index (χ1n) is 9.55. The monoisotopic (exact) mass is 419 g/mol. The molecule has 0 aliphatic heterocycles. The second-order valence-electron chi connectivity index (χ2n) is 8.80. The zero-order chi connectivity index (χ0) is 18.5. The number of amides is 1. The van der Waals surface area contributed by atoms with Crippen molar-refractivity contribution in [3.05, 3.63) is 29.8 Å². The first-order chi connectivity index (χ1) is 12.3. The van der Waals surface area contributed by atoms with Crippen LogP contribution in [0.2, 0.25) is 0 Å². The average Bonchev–Trinajstić information content (AvgIpc) is 2.54. The Labute approximate surface area is 163 Å². The molecule has 0 spiro atoms. The van der Waals surface area contributed by atoms with Gasteiger partial charge in [0, 0.05) is 10.0 Å². The summed E-state index contributed by atoms with van der Waals surface area (Å²) in [5, 5.41) is 2.83. The Balaban J connectivity index is 1.41. The smallest absolute Gasteiger partial charge is 0.312 e. The van der Waals surface area contributed by atoms with Gasteiger partial charge in [-0.2, -0.15) is 0 Å². The van der Waals surface area contributed by atoms with Crippen LogP contribution in [0, 0.1) is 24.2 Å². The summed E-state index contributed by atoms with van der Waals surface area (Å²) in [5.74, 6) is 0.766. The Kier molecular flexibility index (Phi) is 4.41. The van der Waals surface area contributed by atoms with Crippen molar-refractivity contribution < 1.29 is 14.3 Å². The fourth-order valence-electron chi connectivity index (χ4n) is 5.61. The van der Waals surface area contributed by atoms with Crippen LogP contribution in [0.25, 0.3) is 0 Å². The highest BCUT2D eigenvalue weighted by molar-refractivity contribution is 9.10. The third-order valence-electron chi connectivity index (χ3n) is 6.39. The molecular weight excluding hydrogens is 394 g/mol. The van der Waals surface area contributed by atoms with E-state index in [4.69, 9.17) is 4.74 Å². The molecule has 4 fully saturated rings. The van der Waals surface area contributed by atoms with Gasteiger partial charge < -0.3 is 10.1 Å². The summed E-state index contributed by atoms with van der Waals surface area (Å²) in [6, 6.07) is 7.60. The highest BCUT2D eigenvalue weighted by Gasteiger charge is 2.60. The molecule has 5 heteroatoms. The number of anilines is 1. The summed E-state index contributed by atoms with van der Waals surface area (Å²) in [6.07, 6.45) is 5.47. The molecule has 4 aliphatic carbocycles. The summed E-state index contributed by atoms with van der Waals surface area (Å²) in [7, 11) is 0. The lowest BCUT2D eigenvalue weighted by molar-refractivity contribution is -0.175. The Bertz CT molecular complexity index is 715. The number of hydrogen-bond donors (Lipinski definition) is 1. The molecule has 4 bridgehead atoms. The van der Waals surface area contributed by atoms with Gasteiger partial charge in [-0.15, -0.1) is 0 Å². The number of ether oxygens (including phenoxy) is 1. The Morgan fingerprint density at radius 1 is 1.15 bits per heavy atom. The van der Waals surface area contributed by atoms with Crippen molar-refractivity contribution >= 4 is 33.5 Å². The lowest BCUT2D eigenvalue weighted by Crippen LogP contribution is -2.56. The van der Waals surface area contributed by atoms with E-state index in [0.717, 1.165) is 30.5 Å². The molecule has 4 saturated carbocycles. The number of benzene rings is 1. The van der Waals surface area contributed by atoms with Gasteiger partial charge in [-0.05, 0) is 76.3 Å². The molecule has 5 rings (SSSR count).